The van der Waals surface area contributed by atoms with Gasteiger partial charge in [-0.25, -0.2) is 8.42 Å². The van der Waals surface area contributed by atoms with Gasteiger partial charge in [-0.1, -0.05) is 18.2 Å². The van der Waals surface area contributed by atoms with E-state index in [9.17, 15) is 13.5 Å². The average Bonchev–Trinajstić information content (AvgIpc) is 2.77. The summed E-state index contributed by atoms with van der Waals surface area (Å²) in [7, 11) is -3.28. The second kappa shape index (κ2) is 5.02. The Morgan fingerprint density at radius 1 is 1.42 bits per heavy atom. The number of benzene rings is 1. The van der Waals surface area contributed by atoms with Gasteiger partial charge < -0.3 is 10.8 Å². The van der Waals surface area contributed by atoms with Gasteiger partial charge in [0, 0.05) is 23.7 Å². The molecule has 0 saturated heterocycles. The number of anilines is 1. The van der Waals surface area contributed by atoms with Gasteiger partial charge >= 0.3 is 0 Å². The lowest BCUT2D eigenvalue weighted by atomic mass is 10.1. The standard InChI is InChI=1S/C12H15N3O3S/c1-19(17,18)9-6-14-15(7-9)8-12(16)10-4-2-3-5-11(10)13/h2-7,12,16H,8,13H2,1H3. The molecule has 0 saturated carbocycles. The first-order valence-electron chi connectivity index (χ1n) is 5.63. The molecule has 0 fully saturated rings. The number of nitrogen functional groups attached to an aromatic ring is 1. The first kappa shape index (κ1) is 13.6. The fraction of sp³-hybridized carbons (Fsp3) is 0.250. The summed E-state index contributed by atoms with van der Waals surface area (Å²) in [4.78, 5) is 0.126. The van der Waals surface area contributed by atoms with E-state index in [1.165, 1.54) is 17.1 Å². The van der Waals surface area contributed by atoms with Crippen molar-refractivity contribution in [2.75, 3.05) is 12.0 Å². The molecule has 1 aromatic heterocycles. The zero-order valence-electron chi connectivity index (χ0n) is 10.4. The normalized spacial score (nSPS) is 13.4. The molecule has 19 heavy (non-hydrogen) atoms. The van der Waals surface area contributed by atoms with Gasteiger partial charge in [-0.2, -0.15) is 5.10 Å². The second-order valence-corrected chi connectivity index (χ2v) is 6.33. The predicted molar refractivity (Wildman–Crippen MR) is 71.2 cm³/mol. The summed E-state index contributed by atoms with van der Waals surface area (Å²) in [5.41, 5.74) is 6.85. The lowest BCUT2D eigenvalue weighted by Crippen LogP contribution is -2.11. The molecule has 2 rings (SSSR count). The minimum Gasteiger partial charge on any atom is -0.398 e. The zero-order valence-corrected chi connectivity index (χ0v) is 11.2. The van der Waals surface area contributed by atoms with Gasteiger partial charge in [0.2, 0.25) is 0 Å². The molecule has 0 bridgehead atoms. The van der Waals surface area contributed by atoms with Crippen LogP contribution in [0.3, 0.4) is 0 Å². The molecule has 0 radical (unpaired) electrons. The number of nitrogens with two attached hydrogens (primary N) is 1. The molecule has 7 heteroatoms. The monoisotopic (exact) mass is 281 g/mol. The van der Waals surface area contributed by atoms with Crippen molar-refractivity contribution in [1.82, 2.24) is 9.78 Å². The minimum absolute atomic E-state index is 0.126. The smallest absolute Gasteiger partial charge is 0.178 e. The molecule has 102 valence electrons. The number of aliphatic hydroxyl groups is 1. The topological polar surface area (TPSA) is 98.2 Å². The van der Waals surface area contributed by atoms with E-state index in [4.69, 9.17) is 5.73 Å². The van der Waals surface area contributed by atoms with Crippen LogP contribution in [0.1, 0.15) is 11.7 Å². The Balaban J connectivity index is 2.18. The molecule has 1 atom stereocenters. The highest BCUT2D eigenvalue weighted by molar-refractivity contribution is 7.90. The van der Waals surface area contributed by atoms with Crippen molar-refractivity contribution in [3.05, 3.63) is 42.2 Å². The van der Waals surface area contributed by atoms with Crippen molar-refractivity contribution in [2.45, 2.75) is 17.5 Å². The van der Waals surface area contributed by atoms with Crippen LogP contribution in [-0.2, 0) is 16.4 Å². The van der Waals surface area contributed by atoms with E-state index >= 15 is 0 Å². The molecule has 3 N–H and O–H groups in total. The first-order chi connectivity index (χ1) is 8.88. The number of rotatable bonds is 4. The number of aliphatic hydroxyl groups excluding tert-OH is 1. The van der Waals surface area contributed by atoms with Crippen LogP contribution in [0.4, 0.5) is 5.69 Å². The van der Waals surface area contributed by atoms with Crippen LogP contribution in [0.25, 0.3) is 0 Å². The summed E-state index contributed by atoms with van der Waals surface area (Å²) in [5, 5.41) is 14.0. The predicted octanol–water partition coefficient (Wildman–Crippen LogP) is 0.602. The number of hydrogen-bond acceptors (Lipinski definition) is 5. The molecule has 0 spiro atoms. The fourth-order valence-electron chi connectivity index (χ4n) is 1.73. The molecule has 1 unspecified atom stereocenters. The minimum atomic E-state index is -3.28. The van der Waals surface area contributed by atoms with Gasteiger partial charge in [0.1, 0.15) is 11.0 Å². The van der Waals surface area contributed by atoms with Gasteiger partial charge in [0.05, 0.1) is 12.7 Å². The van der Waals surface area contributed by atoms with Gasteiger partial charge in [-0.3, -0.25) is 4.68 Å². The molecule has 0 amide bonds. The summed E-state index contributed by atoms with van der Waals surface area (Å²) in [6.07, 6.45) is 2.92. The summed E-state index contributed by atoms with van der Waals surface area (Å²) in [5.74, 6) is 0. The van der Waals surface area contributed by atoms with Gasteiger partial charge in [0.25, 0.3) is 0 Å². The van der Waals surface area contributed by atoms with Crippen molar-refractivity contribution < 1.29 is 13.5 Å². The quantitative estimate of drug-likeness (QED) is 0.800. The molecule has 1 heterocycles. The Labute approximate surface area is 111 Å². The number of aromatic nitrogens is 2. The second-order valence-electron chi connectivity index (χ2n) is 4.31. The SMILES string of the molecule is CS(=O)(=O)c1cnn(CC(O)c2ccccc2N)c1. The van der Waals surface area contributed by atoms with Crippen molar-refractivity contribution in [3.8, 4) is 0 Å². The first-order valence-corrected chi connectivity index (χ1v) is 7.52. The third-order valence-electron chi connectivity index (χ3n) is 2.75. The highest BCUT2D eigenvalue weighted by Crippen LogP contribution is 2.21. The van der Waals surface area contributed by atoms with Crippen molar-refractivity contribution in [3.63, 3.8) is 0 Å². The molecule has 1 aromatic carbocycles. The van der Waals surface area contributed by atoms with Crippen molar-refractivity contribution >= 4 is 15.5 Å². The Morgan fingerprint density at radius 2 is 2.11 bits per heavy atom. The van der Waals surface area contributed by atoms with Crippen LogP contribution in [-0.4, -0.2) is 29.6 Å². The van der Waals surface area contributed by atoms with E-state index in [1.54, 1.807) is 24.3 Å². The largest absolute Gasteiger partial charge is 0.398 e. The van der Waals surface area contributed by atoms with E-state index in [2.05, 4.69) is 5.10 Å². The zero-order chi connectivity index (χ0) is 14.0. The highest BCUT2D eigenvalue weighted by atomic mass is 32.2. The summed E-state index contributed by atoms with van der Waals surface area (Å²) >= 11 is 0. The lowest BCUT2D eigenvalue weighted by Gasteiger charge is -2.13. The summed E-state index contributed by atoms with van der Waals surface area (Å²) in [6, 6.07) is 6.98. The molecule has 0 aliphatic heterocycles. The van der Waals surface area contributed by atoms with E-state index in [1.807, 2.05) is 0 Å². The highest BCUT2D eigenvalue weighted by Gasteiger charge is 2.14. The van der Waals surface area contributed by atoms with Crippen LogP contribution in [0, 0.1) is 0 Å². The number of sulfone groups is 1. The Hall–Kier alpha value is -1.86. The van der Waals surface area contributed by atoms with E-state index < -0.39 is 15.9 Å². The van der Waals surface area contributed by atoms with E-state index in [0.717, 1.165) is 6.26 Å². The Bertz CT molecular complexity index is 679. The average molecular weight is 281 g/mol. The maximum Gasteiger partial charge on any atom is 0.178 e. The molecule has 6 nitrogen and oxygen atoms in total. The molecule has 2 aromatic rings. The maximum atomic E-state index is 11.3. The molecule has 0 aliphatic carbocycles. The lowest BCUT2D eigenvalue weighted by molar-refractivity contribution is 0.152. The molecule has 0 aliphatic rings. The summed E-state index contributed by atoms with van der Waals surface area (Å²) in [6.45, 7) is 0.143. The Morgan fingerprint density at radius 3 is 2.68 bits per heavy atom. The Kier molecular flexibility index (Phi) is 3.59. The van der Waals surface area contributed by atoms with Crippen LogP contribution < -0.4 is 5.73 Å². The van der Waals surface area contributed by atoms with Gasteiger partial charge in [0.15, 0.2) is 9.84 Å². The fourth-order valence-corrected chi connectivity index (χ4v) is 2.28. The van der Waals surface area contributed by atoms with Gasteiger partial charge in [-0.15, -0.1) is 0 Å². The maximum absolute atomic E-state index is 11.3. The van der Waals surface area contributed by atoms with Crippen LogP contribution in [0.5, 0.6) is 0 Å². The van der Waals surface area contributed by atoms with E-state index in [0.29, 0.717) is 11.3 Å². The summed E-state index contributed by atoms with van der Waals surface area (Å²) < 4.78 is 24.0. The third-order valence-corrected chi connectivity index (χ3v) is 3.82. The van der Waals surface area contributed by atoms with Crippen molar-refractivity contribution in [2.24, 2.45) is 0 Å². The van der Waals surface area contributed by atoms with Crippen molar-refractivity contribution in [1.29, 1.82) is 0 Å². The van der Waals surface area contributed by atoms with Crippen LogP contribution in [0.2, 0.25) is 0 Å². The molecular weight excluding hydrogens is 266 g/mol. The van der Waals surface area contributed by atoms with Gasteiger partial charge in [-0.05, 0) is 6.07 Å². The third kappa shape index (κ3) is 3.12. The number of para-hydroxylation sites is 1. The molecular formula is C12H15N3O3S. The van der Waals surface area contributed by atoms with Crippen LogP contribution >= 0.6 is 0 Å². The number of hydrogen-bond donors (Lipinski definition) is 2. The number of nitrogens with zero attached hydrogens (tertiary/aromatic N) is 2. The van der Waals surface area contributed by atoms with E-state index in [-0.39, 0.29) is 11.4 Å². The van der Waals surface area contributed by atoms with Crippen LogP contribution in [0.15, 0.2) is 41.6 Å².